The molecule has 0 amide bonds. The number of hydrogen-bond donors (Lipinski definition) is 0. The topological polar surface area (TPSA) is 24.7 Å². The van der Waals surface area contributed by atoms with Crippen LogP contribution in [0.25, 0.3) is 0 Å². The van der Waals surface area contributed by atoms with Crippen molar-refractivity contribution in [1.82, 2.24) is 0 Å². The first-order valence-corrected chi connectivity index (χ1v) is 6.15. The molecule has 1 aliphatic carbocycles. The van der Waals surface area contributed by atoms with Crippen LogP contribution in [0.1, 0.15) is 12.0 Å². The van der Waals surface area contributed by atoms with Gasteiger partial charge in [0.25, 0.3) is 0 Å². The predicted octanol–water partition coefficient (Wildman–Crippen LogP) is 3.49. The van der Waals surface area contributed by atoms with Gasteiger partial charge in [-0.15, -0.1) is 0 Å². The van der Waals surface area contributed by atoms with Crippen molar-refractivity contribution in [1.29, 1.82) is 0 Å². The van der Waals surface area contributed by atoms with E-state index in [0.717, 1.165) is 17.8 Å². The maximum atomic E-state index is 4.76. The molecule has 1 aromatic rings. The smallest absolute Gasteiger partial charge is 0.0678 e. The van der Waals surface area contributed by atoms with E-state index in [1.54, 1.807) is 0 Å². The standard InChI is InChI=1S/C16H12N2/c1-2-4-14-13(3-1)16-8-10-17-9-7-12(11-16)5-6-15(16)18-14/h1-10H,11H2/b10-8-,12-7?,17-9?. The van der Waals surface area contributed by atoms with Crippen LogP contribution in [0.15, 0.2) is 70.3 Å². The second-order valence-electron chi connectivity index (χ2n) is 4.85. The van der Waals surface area contributed by atoms with Crippen LogP contribution in [-0.2, 0) is 5.41 Å². The first-order valence-electron chi connectivity index (χ1n) is 6.15. The summed E-state index contributed by atoms with van der Waals surface area (Å²) in [5.41, 5.74) is 4.72. The van der Waals surface area contributed by atoms with E-state index < -0.39 is 0 Å². The van der Waals surface area contributed by atoms with Gasteiger partial charge in [-0.3, -0.25) is 9.98 Å². The monoisotopic (exact) mass is 232 g/mol. The van der Waals surface area contributed by atoms with Gasteiger partial charge in [0.15, 0.2) is 0 Å². The molecule has 2 heteroatoms. The molecule has 2 nitrogen and oxygen atoms in total. The molecule has 0 saturated carbocycles. The molecule has 3 aliphatic rings. The summed E-state index contributed by atoms with van der Waals surface area (Å²) in [6.07, 6.45) is 13.3. The molecule has 1 aromatic carbocycles. The van der Waals surface area contributed by atoms with Crippen molar-refractivity contribution in [2.24, 2.45) is 9.98 Å². The molecule has 2 aliphatic heterocycles. The Morgan fingerprint density at radius 2 is 2.06 bits per heavy atom. The molecular weight excluding hydrogens is 220 g/mol. The highest BCUT2D eigenvalue weighted by Gasteiger charge is 2.42. The van der Waals surface area contributed by atoms with E-state index in [9.17, 15) is 0 Å². The molecule has 0 saturated heterocycles. The normalized spacial score (nSPS) is 28.7. The minimum atomic E-state index is -0.102. The van der Waals surface area contributed by atoms with Gasteiger partial charge >= 0.3 is 0 Å². The molecule has 2 heterocycles. The Balaban J connectivity index is 2.03. The zero-order valence-corrected chi connectivity index (χ0v) is 9.88. The largest absolute Gasteiger partial charge is 0.265 e. The summed E-state index contributed by atoms with van der Waals surface area (Å²) < 4.78 is 0. The first kappa shape index (κ1) is 9.77. The van der Waals surface area contributed by atoms with Gasteiger partial charge in [0.2, 0.25) is 0 Å². The summed E-state index contributed by atoms with van der Waals surface area (Å²) in [5.74, 6) is 0. The van der Waals surface area contributed by atoms with Crippen molar-refractivity contribution in [3.8, 4) is 0 Å². The lowest BCUT2D eigenvalue weighted by atomic mass is 9.70. The summed E-state index contributed by atoms with van der Waals surface area (Å²) in [6.45, 7) is 0. The zero-order valence-electron chi connectivity index (χ0n) is 9.88. The zero-order chi connectivity index (χ0) is 12.0. The van der Waals surface area contributed by atoms with Gasteiger partial charge in [-0.1, -0.05) is 24.3 Å². The molecule has 86 valence electrons. The molecule has 0 N–H and O–H groups in total. The van der Waals surface area contributed by atoms with Gasteiger partial charge in [0.1, 0.15) is 0 Å². The second kappa shape index (κ2) is 3.39. The highest BCUT2D eigenvalue weighted by atomic mass is 14.8. The van der Waals surface area contributed by atoms with Crippen LogP contribution in [0.5, 0.6) is 0 Å². The van der Waals surface area contributed by atoms with Crippen LogP contribution >= 0.6 is 0 Å². The van der Waals surface area contributed by atoms with E-state index in [1.807, 2.05) is 18.5 Å². The number of benzene rings is 1. The minimum absolute atomic E-state index is 0.102. The number of aliphatic imine (C=N–C) groups is 2. The Labute approximate surface area is 106 Å². The molecule has 0 radical (unpaired) electrons. The van der Waals surface area contributed by atoms with Crippen LogP contribution in [0, 0.1) is 0 Å². The SMILES string of the molecule is C1=CC2=Nc3ccccc3C23/C=C\N=CC=C1C3. The lowest BCUT2D eigenvalue weighted by Gasteiger charge is -2.31. The molecule has 1 unspecified atom stereocenters. The summed E-state index contributed by atoms with van der Waals surface area (Å²) in [5, 5.41) is 0. The van der Waals surface area contributed by atoms with Crippen LogP contribution in [0.2, 0.25) is 0 Å². The van der Waals surface area contributed by atoms with E-state index >= 15 is 0 Å². The lowest BCUT2D eigenvalue weighted by molar-refractivity contribution is 0.719. The Kier molecular flexibility index (Phi) is 1.84. The fraction of sp³-hybridized carbons (Fsp3) is 0.125. The van der Waals surface area contributed by atoms with E-state index in [1.165, 1.54) is 11.1 Å². The third-order valence-electron chi connectivity index (χ3n) is 3.84. The Morgan fingerprint density at radius 3 is 3.06 bits per heavy atom. The van der Waals surface area contributed by atoms with Crippen LogP contribution < -0.4 is 0 Å². The van der Waals surface area contributed by atoms with E-state index in [2.05, 4.69) is 47.5 Å². The Morgan fingerprint density at radius 1 is 1.11 bits per heavy atom. The number of allylic oxidation sites excluding steroid dienone is 5. The predicted molar refractivity (Wildman–Crippen MR) is 74.7 cm³/mol. The Hall–Kier alpha value is -2.22. The van der Waals surface area contributed by atoms with Crippen molar-refractivity contribution < 1.29 is 0 Å². The average molecular weight is 232 g/mol. The molecule has 2 bridgehead atoms. The van der Waals surface area contributed by atoms with Crippen molar-refractivity contribution in [3.05, 3.63) is 65.9 Å². The minimum Gasteiger partial charge on any atom is -0.265 e. The van der Waals surface area contributed by atoms with Crippen molar-refractivity contribution in [2.75, 3.05) is 0 Å². The third-order valence-corrected chi connectivity index (χ3v) is 3.84. The number of hydrogen-bond acceptors (Lipinski definition) is 2. The lowest BCUT2D eigenvalue weighted by Crippen LogP contribution is -2.32. The summed E-state index contributed by atoms with van der Waals surface area (Å²) in [6, 6.07) is 8.40. The van der Waals surface area contributed by atoms with Crippen LogP contribution in [0.4, 0.5) is 5.69 Å². The fourth-order valence-electron chi connectivity index (χ4n) is 2.96. The van der Waals surface area contributed by atoms with Gasteiger partial charge < -0.3 is 0 Å². The fourth-order valence-corrected chi connectivity index (χ4v) is 2.96. The van der Waals surface area contributed by atoms with Gasteiger partial charge in [-0.25, -0.2) is 0 Å². The van der Waals surface area contributed by atoms with E-state index in [4.69, 9.17) is 4.99 Å². The molecule has 18 heavy (non-hydrogen) atoms. The maximum absolute atomic E-state index is 4.76. The molecule has 1 spiro atoms. The third kappa shape index (κ3) is 1.17. The number of nitrogens with zero attached hydrogens (tertiary/aromatic N) is 2. The van der Waals surface area contributed by atoms with Gasteiger partial charge in [0, 0.05) is 12.4 Å². The van der Waals surface area contributed by atoms with Crippen LogP contribution in [-0.4, -0.2) is 11.9 Å². The van der Waals surface area contributed by atoms with Gasteiger partial charge in [0.05, 0.1) is 16.8 Å². The number of rotatable bonds is 0. The van der Waals surface area contributed by atoms with E-state index in [-0.39, 0.29) is 5.41 Å². The summed E-state index contributed by atoms with van der Waals surface area (Å²) in [4.78, 5) is 9.03. The Bertz CT molecular complexity index is 674. The van der Waals surface area contributed by atoms with Gasteiger partial charge in [-0.05, 0) is 41.9 Å². The summed E-state index contributed by atoms with van der Waals surface area (Å²) in [7, 11) is 0. The van der Waals surface area contributed by atoms with Crippen molar-refractivity contribution in [2.45, 2.75) is 11.8 Å². The van der Waals surface area contributed by atoms with Crippen LogP contribution in [0.3, 0.4) is 0 Å². The van der Waals surface area contributed by atoms with Crippen molar-refractivity contribution >= 4 is 17.6 Å². The molecular formula is C16H12N2. The molecule has 1 atom stereocenters. The molecule has 4 rings (SSSR count). The molecule has 0 aromatic heterocycles. The second-order valence-corrected chi connectivity index (χ2v) is 4.85. The van der Waals surface area contributed by atoms with Crippen molar-refractivity contribution in [3.63, 3.8) is 0 Å². The molecule has 0 fully saturated rings. The highest BCUT2D eigenvalue weighted by molar-refractivity contribution is 6.12. The van der Waals surface area contributed by atoms with Gasteiger partial charge in [-0.2, -0.15) is 0 Å². The quantitative estimate of drug-likeness (QED) is 0.654. The first-order chi connectivity index (χ1) is 8.88. The summed E-state index contributed by atoms with van der Waals surface area (Å²) >= 11 is 0. The number of fused-ring (bicyclic) bond motifs is 2. The maximum Gasteiger partial charge on any atom is 0.0678 e. The highest BCUT2D eigenvalue weighted by Crippen LogP contribution is 2.47. The van der Waals surface area contributed by atoms with E-state index in [0.29, 0.717) is 0 Å². The average Bonchev–Trinajstić information content (AvgIpc) is 2.71. The number of para-hydroxylation sites is 1.